The number of aromatic nitrogens is 2. The Hall–Kier alpha value is -1.93. The van der Waals surface area contributed by atoms with Crippen molar-refractivity contribution in [1.29, 1.82) is 0 Å². The van der Waals surface area contributed by atoms with E-state index in [0.717, 1.165) is 19.4 Å². The van der Waals surface area contributed by atoms with Gasteiger partial charge < -0.3 is 15.0 Å². The number of rotatable bonds is 5. The monoisotopic (exact) mass is 323 g/mol. The van der Waals surface area contributed by atoms with Crippen molar-refractivity contribution in [1.82, 2.24) is 25.1 Å². The van der Waals surface area contributed by atoms with Crippen LogP contribution in [0.4, 0.5) is 4.79 Å². The van der Waals surface area contributed by atoms with Crippen molar-refractivity contribution in [2.45, 2.75) is 25.9 Å². The number of aryl methyl sites for hydroxylation is 1. The maximum atomic E-state index is 11.9. The molecule has 0 aromatic carbocycles. The van der Waals surface area contributed by atoms with Crippen LogP contribution in [0.25, 0.3) is 0 Å². The second-order valence-corrected chi connectivity index (χ2v) is 5.89. The van der Waals surface area contributed by atoms with E-state index in [0.29, 0.717) is 18.9 Å². The van der Waals surface area contributed by atoms with Gasteiger partial charge in [-0.25, -0.2) is 9.78 Å². The molecule has 0 spiro atoms. The van der Waals surface area contributed by atoms with Crippen molar-refractivity contribution in [3.63, 3.8) is 0 Å². The largest absolute Gasteiger partial charge is 0.385 e. The number of nitrogens with zero attached hydrogens (tertiary/aromatic N) is 3. The first-order valence-corrected chi connectivity index (χ1v) is 7.96. The highest BCUT2D eigenvalue weighted by Gasteiger charge is 2.29. The Morgan fingerprint density at radius 1 is 1.52 bits per heavy atom. The van der Waals surface area contributed by atoms with Gasteiger partial charge in [0.2, 0.25) is 5.91 Å². The van der Waals surface area contributed by atoms with Crippen molar-refractivity contribution in [2.24, 2.45) is 13.0 Å². The fourth-order valence-corrected chi connectivity index (χ4v) is 2.94. The van der Waals surface area contributed by atoms with Crippen molar-refractivity contribution in [2.75, 3.05) is 26.2 Å². The van der Waals surface area contributed by atoms with E-state index in [9.17, 15) is 14.7 Å². The van der Waals surface area contributed by atoms with Gasteiger partial charge in [-0.2, -0.15) is 0 Å². The van der Waals surface area contributed by atoms with Crippen molar-refractivity contribution in [3.05, 3.63) is 18.2 Å². The summed E-state index contributed by atoms with van der Waals surface area (Å²) in [6.45, 7) is 3.81. The van der Waals surface area contributed by atoms with Gasteiger partial charge in [-0.05, 0) is 26.3 Å². The number of nitrogens with one attached hydrogen (secondary N) is 2. The summed E-state index contributed by atoms with van der Waals surface area (Å²) in [4.78, 5) is 29.4. The molecule has 0 aliphatic carbocycles. The number of carbonyl (C=O) groups excluding carboxylic acids is 2. The molecular formula is C15H25N5O3. The summed E-state index contributed by atoms with van der Waals surface area (Å²) in [7, 11) is 1.85. The fourth-order valence-electron chi connectivity index (χ4n) is 2.94. The fraction of sp³-hybridized carbons (Fsp3) is 0.667. The molecule has 1 saturated heterocycles. The summed E-state index contributed by atoms with van der Waals surface area (Å²) in [6, 6.07) is -0.473. The third kappa shape index (κ3) is 4.77. The van der Waals surface area contributed by atoms with Crippen LogP contribution in [-0.2, 0) is 11.8 Å². The number of urea groups is 1. The normalized spacial score (nSPS) is 20.0. The van der Waals surface area contributed by atoms with E-state index in [-0.39, 0.29) is 18.4 Å². The zero-order valence-corrected chi connectivity index (χ0v) is 13.7. The minimum Gasteiger partial charge on any atom is -0.385 e. The van der Waals surface area contributed by atoms with Gasteiger partial charge in [0.25, 0.3) is 0 Å². The quantitative estimate of drug-likeness (QED) is 0.709. The third-order valence-corrected chi connectivity index (χ3v) is 4.07. The second-order valence-electron chi connectivity index (χ2n) is 5.89. The summed E-state index contributed by atoms with van der Waals surface area (Å²) < 4.78 is 1.81. The first-order valence-electron chi connectivity index (χ1n) is 7.96. The van der Waals surface area contributed by atoms with Crippen LogP contribution in [0, 0.1) is 5.92 Å². The number of piperidine rings is 1. The van der Waals surface area contributed by atoms with Crippen LogP contribution in [0.1, 0.15) is 31.7 Å². The smallest absolute Gasteiger partial charge is 0.321 e. The molecule has 23 heavy (non-hydrogen) atoms. The van der Waals surface area contributed by atoms with Gasteiger partial charge in [0, 0.05) is 38.4 Å². The molecule has 3 N–H and O–H groups in total. The lowest BCUT2D eigenvalue weighted by molar-refractivity contribution is -0.121. The number of likely N-dealkylation sites (tertiary alicyclic amines) is 1. The van der Waals surface area contributed by atoms with Crippen LogP contribution in [0.2, 0.25) is 0 Å². The molecule has 0 saturated carbocycles. The SMILES string of the molecule is CCNC(=O)NC(=O)CN1CCC[C@H]([C@H](O)c2nccn2C)C1. The van der Waals surface area contributed by atoms with Crippen LogP contribution >= 0.6 is 0 Å². The van der Waals surface area contributed by atoms with E-state index < -0.39 is 12.1 Å². The molecule has 0 bridgehead atoms. The van der Waals surface area contributed by atoms with E-state index in [1.54, 1.807) is 19.3 Å². The Morgan fingerprint density at radius 3 is 2.96 bits per heavy atom. The highest BCUT2D eigenvalue weighted by atomic mass is 16.3. The average molecular weight is 323 g/mol. The summed E-state index contributed by atoms with van der Waals surface area (Å²) >= 11 is 0. The summed E-state index contributed by atoms with van der Waals surface area (Å²) in [5.41, 5.74) is 0. The number of carbonyl (C=O) groups is 2. The molecule has 1 aliphatic rings. The van der Waals surface area contributed by atoms with Crippen LogP contribution in [-0.4, -0.2) is 57.7 Å². The second kappa shape index (κ2) is 8.07. The Morgan fingerprint density at radius 2 is 2.30 bits per heavy atom. The van der Waals surface area contributed by atoms with E-state index in [1.165, 1.54) is 0 Å². The van der Waals surface area contributed by atoms with E-state index in [2.05, 4.69) is 15.6 Å². The van der Waals surface area contributed by atoms with Gasteiger partial charge in [-0.15, -0.1) is 0 Å². The molecule has 1 aromatic rings. The van der Waals surface area contributed by atoms with Crippen LogP contribution in [0.15, 0.2) is 12.4 Å². The van der Waals surface area contributed by atoms with Gasteiger partial charge in [0.15, 0.2) is 0 Å². The zero-order valence-electron chi connectivity index (χ0n) is 13.7. The maximum absolute atomic E-state index is 11.9. The minimum atomic E-state index is -0.649. The molecule has 2 atom stereocenters. The Labute approximate surface area is 135 Å². The minimum absolute atomic E-state index is 0.0297. The van der Waals surface area contributed by atoms with Crippen molar-refractivity contribution in [3.8, 4) is 0 Å². The highest BCUT2D eigenvalue weighted by Crippen LogP contribution is 2.28. The van der Waals surface area contributed by atoms with Crippen LogP contribution in [0.5, 0.6) is 0 Å². The highest BCUT2D eigenvalue weighted by molar-refractivity contribution is 5.95. The van der Waals surface area contributed by atoms with E-state index in [4.69, 9.17) is 0 Å². The maximum Gasteiger partial charge on any atom is 0.321 e. The Bertz CT molecular complexity index is 545. The number of imide groups is 1. The molecule has 2 rings (SSSR count). The summed E-state index contributed by atoms with van der Waals surface area (Å²) in [5, 5.41) is 15.3. The summed E-state index contributed by atoms with van der Waals surface area (Å²) in [5.74, 6) is 0.342. The Balaban J connectivity index is 1.87. The van der Waals surface area contributed by atoms with Crippen molar-refractivity contribution >= 4 is 11.9 Å². The number of aliphatic hydroxyl groups is 1. The first-order chi connectivity index (χ1) is 11.0. The standard InChI is InChI=1S/C15H25N5O3/c1-3-16-15(23)18-12(21)10-20-7-4-5-11(9-20)13(22)14-17-6-8-19(14)2/h6,8,11,13,22H,3-5,7,9-10H2,1-2H3,(H2,16,18,21,23)/t11-,13-/m0/s1. The molecule has 1 fully saturated rings. The van der Waals surface area contributed by atoms with Crippen molar-refractivity contribution < 1.29 is 14.7 Å². The molecule has 2 heterocycles. The third-order valence-electron chi connectivity index (χ3n) is 4.07. The lowest BCUT2D eigenvalue weighted by atomic mass is 9.92. The number of amides is 3. The van der Waals surface area contributed by atoms with Gasteiger partial charge >= 0.3 is 6.03 Å². The predicted molar refractivity (Wildman–Crippen MR) is 84.5 cm³/mol. The number of imidazole rings is 1. The lowest BCUT2D eigenvalue weighted by Gasteiger charge is -2.34. The molecule has 8 nitrogen and oxygen atoms in total. The molecule has 1 aliphatic heterocycles. The first kappa shape index (κ1) is 17.4. The van der Waals surface area contributed by atoms with E-state index >= 15 is 0 Å². The summed E-state index contributed by atoms with van der Waals surface area (Å²) in [6.07, 6.45) is 4.62. The average Bonchev–Trinajstić information content (AvgIpc) is 2.93. The van der Waals surface area contributed by atoms with Crippen LogP contribution < -0.4 is 10.6 Å². The van der Waals surface area contributed by atoms with Gasteiger partial charge in [0.05, 0.1) is 6.54 Å². The molecule has 128 valence electrons. The molecule has 3 amide bonds. The number of hydrogen-bond donors (Lipinski definition) is 3. The molecule has 8 heteroatoms. The van der Waals surface area contributed by atoms with Gasteiger partial charge in [-0.1, -0.05) is 0 Å². The van der Waals surface area contributed by atoms with Gasteiger partial charge in [-0.3, -0.25) is 15.0 Å². The molecule has 1 aromatic heterocycles. The van der Waals surface area contributed by atoms with E-state index in [1.807, 2.05) is 16.5 Å². The molecule has 0 unspecified atom stereocenters. The topological polar surface area (TPSA) is 99.5 Å². The van der Waals surface area contributed by atoms with Gasteiger partial charge in [0.1, 0.15) is 11.9 Å². The zero-order chi connectivity index (χ0) is 16.8. The number of aliphatic hydroxyl groups excluding tert-OH is 1. The lowest BCUT2D eigenvalue weighted by Crippen LogP contribution is -2.47. The van der Waals surface area contributed by atoms with Crippen LogP contribution in [0.3, 0.4) is 0 Å². The predicted octanol–water partition coefficient (Wildman–Crippen LogP) is 0.0112. The Kier molecular flexibility index (Phi) is 6.12. The molecular weight excluding hydrogens is 298 g/mol. The number of hydrogen-bond acceptors (Lipinski definition) is 5. The molecule has 0 radical (unpaired) electrons.